The molecule has 2 aromatic heterocycles. The normalized spacial score (nSPS) is 17.0. The van der Waals surface area contributed by atoms with Gasteiger partial charge in [0.2, 0.25) is 11.9 Å². The van der Waals surface area contributed by atoms with Gasteiger partial charge in [-0.05, 0) is 24.3 Å². The van der Waals surface area contributed by atoms with Crippen LogP contribution in [0, 0.1) is 5.92 Å². The van der Waals surface area contributed by atoms with Crippen LogP contribution < -0.4 is 10.6 Å². The topological polar surface area (TPSA) is 72.1 Å². The zero-order valence-electron chi connectivity index (χ0n) is 10.2. The molecule has 1 amide bonds. The Kier molecular flexibility index (Phi) is 3.28. The molecule has 19 heavy (non-hydrogen) atoms. The van der Waals surface area contributed by atoms with E-state index in [1.54, 1.807) is 11.3 Å². The molecule has 1 fully saturated rings. The van der Waals surface area contributed by atoms with Crippen molar-refractivity contribution in [1.29, 1.82) is 0 Å². The molecule has 0 aromatic carbocycles. The lowest BCUT2D eigenvalue weighted by Gasteiger charge is -2.30. The number of nitrogens with zero attached hydrogens (tertiary/aromatic N) is 3. The standard InChI is InChI=1S/C12H13ClN4OS/c13-9-8-3-6-19-11(8)16-12(15-9)17-4-1-7(2-5-17)10(14)18/h3,6-7H,1-2,4-5H2,(H2,14,18). The second-order valence-electron chi connectivity index (χ2n) is 4.62. The molecular formula is C12H13ClN4OS. The van der Waals surface area contributed by atoms with E-state index >= 15 is 0 Å². The zero-order valence-corrected chi connectivity index (χ0v) is 11.7. The minimum absolute atomic E-state index is 0.0304. The maximum absolute atomic E-state index is 11.1. The van der Waals surface area contributed by atoms with Crippen molar-refractivity contribution in [2.24, 2.45) is 11.7 Å². The van der Waals surface area contributed by atoms with Crippen LogP contribution >= 0.6 is 22.9 Å². The van der Waals surface area contributed by atoms with Crippen LogP contribution in [0.1, 0.15) is 12.8 Å². The molecule has 100 valence electrons. The second-order valence-corrected chi connectivity index (χ2v) is 5.87. The fourth-order valence-corrected chi connectivity index (χ4v) is 3.36. The highest BCUT2D eigenvalue weighted by molar-refractivity contribution is 7.16. The highest BCUT2D eigenvalue weighted by Gasteiger charge is 2.25. The van der Waals surface area contributed by atoms with Gasteiger partial charge in [0.1, 0.15) is 9.98 Å². The zero-order chi connectivity index (χ0) is 13.4. The summed E-state index contributed by atoms with van der Waals surface area (Å²) in [6, 6.07) is 1.92. The first-order valence-corrected chi connectivity index (χ1v) is 7.36. The third-order valence-electron chi connectivity index (χ3n) is 3.45. The van der Waals surface area contributed by atoms with E-state index in [9.17, 15) is 4.79 Å². The average Bonchev–Trinajstić information content (AvgIpc) is 2.87. The molecule has 0 bridgehead atoms. The first-order valence-electron chi connectivity index (χ1n) is 6.10. The Labute approximate surface area is 119 Å². The summed E-state index contributed by atoms with van der Waals surface area (Å²) in [5.74, 6) is 0.396. The van der Waals surface area contributed by atoms with E-state index in [0.717, 1.165) is 36.1 Å². The van der Waals surface area contributed by atoms with Crippen LogP contribution in [-0.4, -0.2) is 29.0 Å². The third-order valence-corrected chi connectivity index (χ3v) is 4.54. The lowest BCUT2D eigenvalue weighted by atomic mass is 9.96. The lowest BCUT2D eigenvalue weighted by Crippen LogP contribution is -2.39. The number of anilines is 1. The molecule has 0 unspecified atom stereocenters. The van der Waals surface area contributed by atoms with Crippen LogP contribution in [0.5, 0.6) is 0 Å². The number of hydrogen-bond acceptors (Lipinski definition) is 5. The fourth-order valence-electron chi connectivity index (χ4n) is 2.31. The molecule has 7 heteroatoms. The highest BCUT2D eigenvalue weighted by atomic mass is 35.5. The quantitative estimate of drug-likeness (QED) is 0.861. The van der Waals surface area contributed by atoms with Crippen molar-refractivity contribution in [2.45, 2.75) is 12.8 Å². The van der Waals surface area contributed by atoms with Gasteiger partial charge >= 0.3 is 0 Å². The number of halogens is 1. The molecular weight excluding hydrogens is 284 g/mol. The molecule has 1 aliphatic heterocycles. The van der Waals surface area contributed by atoms with Gasteiger partial charge in [0.25, 0.3) is 0 Å². The number of hydrogen-bond donors (Lipinski definition) is 1. The Morgan fingerprint density at radius 3 is 2.84 bits per heavy atom. The van der Waals surface area contributed by atoms with Gasteiger partial charge < -0.3 is 10.6 Å². The summed E-state index contributed by atoms with van der Waals surface area (Å²) < 4.78 is 0. The monoisotopic (exact) mass is 296 g/mol. The maximum atomic E-state index is 11.1. The number of carbonyl (C=O) groups excluding carboxylic acids is 1. The van der Waals surface area contributed by atoms with Crippen molar-refractivity contribution in [2.75, 3.05) is 18.0 Å². The van der Waals surface area contributed by atoms with Gasteiger partial charge in [0.05, 0.1) is 0 Å². The number of piperidine rings is 1. The largest absolute Gasteiger partial charge is 0.369 e. The molecule has 1 aliphatic rings. The molecule has 2 N–H and O–H groups in total. The fraction of sp³-hybridized carbons (Fsp3) is 0.417. The number of amides is 1. The molecule has 2 aromatic rings. The predicted octanol–water partition coefficient (Wildman–Crippen LogP) is 2.05. The highest BCUT2D eigenvalue weighted by Crippen LogP contribution is 2.28. The third kappa shape index (κ3) is 2.37. The molecule has 0 aliphatic carbocycles. The Morgan fingerprint density at radius 1 is 1.42 bits per heavy atom. The summed E-state index contributed by atoms with van der Waals surface area (Å²) >= 11 is 7.71. The van der Waals surface area contributed by atoms with Crippen molar-refractivity contribution in [1.82, 2.24) is 9.97 Å². The second kappa shape index (κ2) is 4.94. The number of fused-ring (bicyclic) bond motifs is 1. The van der Waals surface area contributed by atoms with Crippen LogP contribution in [0.15, 0.2) is 11.4 Å². The summed E-state index contributed by atoms with van der Waals surface area (Å²) in [5.41, 5.74) is 5.33. The Bertz CT molecular complexity index is 621. The minimum Gasteiger partial charge on any atom is -0.369 e. The van der Waals surface area contributed by atoms with Gasteiger partial charge in [-0.2, -0.15) is 0 Å². The number of primary amides is 1. The number of rotatable bonds is 2. The number of aromatic nitrogens is 2. The number of nitrogens with two attached hydrogens (primary N) is 1. The van der Waals surface area contributed by atoms with E-state index in [4.69, 9.17) is 17.3 Å². The Morgan fingerprint density at radius 2 is 2.16 bits per heavy atom. The Hall–Kier alpha value is -1.40. The Balaban J connectivity index is 1.83. The molecule has 5 nitrogen and oxygen atoms in total. The maximum Gasteiger partial charge on any atom is 0.228 e. The van der Waals surface area contributed by atoms with Crippen LogP contribution in [0.2, 0.25) is 5.15 Å². The summed E-state index contributed by atoms with van der Waals surface area (Å²) in [4.78, 5) is 23.0. The number of carbonyl (C=O) groups is 1. The molecule has 1 saturated heterocycles. The van der Waals surface area contributed by atoms with Crippen molar-refractivity contribution in [3.05, 3.63) is 16.6 Å². The SMILES string of the molecule is NC(=O)C1CCN(c2nc(Cl)c3ccsc3n2)CC1. The summed E-state index contributed by atoms with van der Waals surface area (Å²) in [5, 5.41) is 3.33. The van der Waals surface area contributed by atoms with Crippen molar-refractivity contribution in [3.8, 4) is 0 Å². The smallest absolute Gasteiger partial charge is 0.228 e. The molecule has 3 heterocycles. The van der Waals surface area contributed by atoms with Gasteiger partial charge in [0, 0.05) is 24.4 Å². The molecule has 0 saturated carbocycles. The van der Waals surface area contributed by atoms with Crippen molar-refractivity contribution >= 4 is 45.0 Å². The summed E-state index contributed by atoms with van der Waals surface area (Å²) in [6.07, 6.45) is 1.50. The average molecular weight is 297 g/mol. The van der Waals surface area contributed by atoms with Crippen molar-refractivity contribution in [3.63, 3.8) is 0 Å². The van der Waals surface area contributed by atoms with Gasteiger partial charge in [-0.25, -0.2) is 9.97 Å². The van der Waals surface area contributed by atoms with E-state index in [-0.39, 0.29) is 11.8 Å². The minimum atomic E-state index is -0.215. The molecule has 3 rings (SSSR count). The van der Waals surface area contributed by atoms with E-state index < -0.39 is 0 Å². The van der Waals surface area contributed by atoms with E-state index in [1.807, 2.05) is 11.4 Å². The van der Waals surface area contributed by atoms with Crippen LogP contribution in [0.4, 0.5) is 5.95 Å². The predicted molar refractivity (Wildman–Crippen MR) is 76.6 cm³/mol. The summed E-state index contributed by atoms with van der Waals surface area (Å²) in [7, 11) is 0. The van der Waals surface area contributed by atoms with Gasteiger partial charge in [-0.1, -0.05) is 11.6 Å². The van der Waals surface area contributed by atoms with Gasteiger partial charge in [0.15, 0.2) is 0 Å². The van der Waals surface area contributed by atoms with Crippen molar-refractivity contribution < 1.29 is 4.79 Å². The van der Waals surface area contributed by atoms with E-state index in [1.165, 1.54) is 0 Å². The first kappa shape index (κ1) is 12.6. The molecule has 0 atom stereocenters. The first-order chi connectivity index (χ1) is 9.15. The van der Waals surface area contributed by atoms with Gasteiger partial charge in [-0.3, -0.25) is 4.79 Å². The molecule has 0 spiro atoms. The van der Waals surface area contributed by atoms with Crippen LogP contribution in [-0.2, 0) is 4.79 Å². The summed E-state index contributed by atoms with van der Waals surface area (Å²) in [6.45, 7) is 1.47. The van der Waals surface area contributed by atoms with Gasteiger partial charge in [-0.15, -0.1) is 11.3 Å². The molecule has 0 radical (unpaired) electrons. The van der Waals surface area contributed by atoms with Crippen LogP contribution in [0.3, 0.4) is 0 Å². The van der Waals surface area contributed by atoms with E-state index in [2.05, 4.69) is 14.9 Å². The lowest BCUT2D eigenvalue weighted by molar-refractivity contribution is -0.122. The van der Waals surface area contributed by atoms with Crippen LogP contribution in [0.25, 0.3) is 10.2 Å². The van der Waals surface area contributed by atoms with E-state index in [0.29, 0.717) is 11.1 Å². The number of thiophene rings is 1.